The zero-order chi connectivity index (χ0) is 11.6. The maximum Gasteiger partial charge on any atom is 0.0494 e. The molecule has 0 saturated heterocycles. The topological polar surface area (TPSA) is 29.3 Å². The number of rotatable bonds is 3. The summed E-state index contributed by atoms with van der Waals surface area (Å²) in [6.07, 6.45) is 0. The first-order chi connectivity index (χ1) is 6.93. The quantitative estimate of drug-likeness (QED) is 0.915. The number of nitrogens with zero attached hydrogens (tertiary/aromatic N) is 1. The molecule has 0 bridgehead atoms. The fourth-order valence-corrected chi connectivity index (χ4v) is 2.34. The van der Waals surface area contributed by atoms with Crippen molar-refractivity contribution in [1.82, 2.24) is 4.90 Å². The van der Waals surface area contributed by atoms with Crippen molar-refractivity contribution >= 4 is 15.9 Å². The molecule has 2 nitrogen and oxygen atoms in total. The van der Waals surface area contributed by atoms with E-state index in [1.807, 2.05) is 6.92 Å². The van der Waals surface area contributed by atoms with E-state index in [2.05, 4.69) is 60.0 Å². The predicted molar refractivity (Wildman–Crippen MR) is 69.0 cm³/mol. The molecule has 0 aliphatic rings. The zero-order valence-electron chi connectivity index (χ0n) is 9.79. The first kappa shape index (κ1) is 12.7. The van der Waals surface area contributed by atoms with Crippen LogP contribution in [0.4, 0.5) is 0 Å². The third-order valence-corrected chi connectivity index (χ3v) is 3.11. The lowest BCUT2D eigenvalue weighted by molar-refractivity contribution is 0.265. The Hall–Kier alpha value is -0.380. The monoisotopic (exact) mass is 270 g/mol. The van der Waals surface area contributed by atoms with Crippen molar-refractivity contribution in [3.8, 4) is 0 Å². The van der Waals surface area contributed by atoms with Crippen LogP contribution in [0.2, 0.25) is 0 Å². The molecule has 3 heteroatoms. The predicted octanol–water partition coefficient (Wildman–Crippen LogP) is 2.71. The Bertz CT molecular complexity index is 326. The lowest BCUT2D eigenvalue weighted by atomic mass is 9.96. The number of benzene rings is 1. The molecule has 1 rings (SSSR count). The molecule has 2 N–H and O–H groups in total. The minimum Gasteiger partial charge on any atom is -0.326 e. The third-order valence-electron chi connectivity index (χ3n) is 2.61. The normalized spacial score (nSPS) is 15.4. The van der Waals surface area contributed by atoms with E-state index in [-0.39, 0.29) is 12.1 Å². The van der Waals surface area contributed by atoms with Gasteiger partial charge in [0.2, 0.25) is 0 Å². The van der Waals surface area contributed by atoms with E-state index in [0.29, 0.717) is 0 Å². The van der Waals surface area contributed by atoms with Gasteiger partial charge in [0.15, 0.2) is 0 Å². The summed E-state index contributed by atoms with van der Waals surface area (Å²) in [5.41, 5.74) is 8.61. The molecule has 15 heavy (non-hydrogen) atoms. The Balaban J connectivity index is 3.16. The van der Waals surface area contributed by atoms with Crippen molar-refractivity contribution < 1.29 is 0 Å². The average Bonchev–Trinajstić information content (AvgIpc) is 2.10. The minimum absolute atomic E-state index is 0.119. The average molecular weight is 271 g/mol. The van der Waals surface area contributed by atoms with E-state index in [0.717, 1.165) is 4.47 Å². The van der Waals surface area contributed by atoms with Crippen LogP contribution in [0.1, 0.15) is 24.1 Å². The van der Waals surface area contributed by atoms with Gasteiger partial charge in [0.1, 0.15) is 0 Å². The molecule has 0 radical (unpaired) electrons. The van der Waals surface area contributed by atoms with Gasteiger partial charge in [-0.15, -0.1) is 0 Å². The standard InChI is InChI=1S/C12H19BrN2/c1-8-5-6-10(13)7-11(8)12(9(2)14)15(3)4/h5-7,9,12H,14H2,1-4H3. The first-order valence-corrected chi connectivity index (χ1v) is 5.91. The van der Waals surface area contributed by atoms with Crippen molar-refractivity contribution in [2.24, 2.45) is 5.73 Å². The van der Waals surface area contributed by atoms with Gasteiger partial charge in [0, 0.05) is 16.6 Å². The van der Waals surface area contributed by atoms with Crippen LogP contribution in [0.25, 0.3) is 0 Å². The molecule has 0 aliphatic carbocycles. The van der Waals surface area contributed by atoms with E-state index >= 15 is 0 Å². The van der Waals surface area contributed by atoms with Gasteiger partial charge in [-0.1, -0.05) is 22.0 Å². The molecule has 1 aromatic rings. The zero-order valence-corrected chi connectivity index (χ0v) is 11.4. The second kappa shape index (κ2) is 5.10. The fourth-order valence-electron chi connectivity index (χ4n) is 1.96. The van der Waals surface area contributed by atoms with Gasteiger partial charge in [-0.25, -0.2) is 0 Å². The first-order valence-electron chi connectivity index (χ1n) is 5.11. The smallest absolute Gasteiger partial charge is 0.0494 e. The summed E-state index contributed by atoms with van der Waals surface area (Å²) >= 11 is 3.50. The second-order valence-corrected chi connectivity index (χ2v) is 5.18. The van der Waals surface area contributed by atoms with Gasteiger partial charge in [-0.2, -0.15) is 0 Å². The summed E-state index contributed by atoms with van der Waals surface area (Å²) < 4.78 is 1.11. The number of nitrogens with two attached hydrogens (primary N) is 1. The van der Waals surface area contributed by atoms with Gasteiger partial charge < -0.3 is 10.6 Å². The summed E-state index contributed by atoms with van der Waals surface area (Å²) in [5.74, 6) is 0. The Morgan fingerprint density at radius 2 is 1.93 bits per heavy atom. The summed E-state index contributed by atoms with van der Waals surface area (Å²) in [6, 6.07) is 6.73. The maximum atomic E-state index is 6.03. The lowest BCUT2D eigenvalue weighted by Crippen LogP contribution is -2.35. The van der Waals surface area contributed by atoms with Crippen molar-refractivity contribution in [2.45, 2.75) is 25.9 Å². The van der Waals surface area contributed by atoms with Gasteiger partial charge in [0.05, 0.1) is 0 Å². The highest BCUT2D eigenvalue weighted by Gasteiger charge is 2.20. The third kappa shape index (κ3) is 3.03. The summed E-state index contributed by atoms with van der Waals surface area (Å²) in [6.45, 7) is 4.17. The van der Waals surface area contributed by atoms with Crippen molar-refractivity contribution in [2.75, 3.05) is 14.1 Å². The molecule has 0 spiro atoms. The van der Waals surface area contributed by atoms with E-state index in [4.69, 9.17) is 5.73 Å². The van der Waals surface area contributed by atoms with Crippen LogP contribution in [0.5, 0.6) is 0 Å². The lowest BCUT2D eigenvalue weighted by Gasteiger charge is -2.29. The Morgan fingerprint density at radius 1 is 1.33 bits per heavy atom. The molecule has 0 fully saturated rings. The van der Waals surface area contributed by atoms with Crippen LogP contribution < -0.4 is 5.73 Å². The van der Waals surface area contributed by atoms with E-state index in [1.165, 1.54) is 11.1 Å². The molecule has 2 unspecified atom stereocenters. The summed E-state index contributed by atoms with van der Waals surface area (Å²) in [7, 11) is 4.13. The van der Waals surface area contributed by atoms with Crippen LogP contribution >= 0.6 is 15.9 Å². The SMILES string of the molecule is Cc1ccc(Br)cc1C(C(C)N)N(C)C. The molecule has 0 aromatic heterocycles. The highest BCUT2D eigenvalue weighted by Crippen LogP contribution is 2.27. The fraction of sp³-hybridized carbons (Fsp3) is 0.500. The number of hydrogen-bond acceptors (Lipinski definition) is 2. The molecule has 84 valence electrons. The summed E-state index contributed by atoms with van der Waals surface area (Å²) in [4.78, 5) is 2.17. The van der Waals surface area contributed by atoms with Gasteiger partial charge in [-0.3, -0.25) is 0 Å². The molecule has 0 aliphatic heterocycles. The van der Waals surface area contributed by atoms with Crippen molar-refractivity contribution in [3.63, 3.8) is 0 Å². The van der Waals surface area contributed by atoms with Crippen LogP contribution in [-0.2, 0) is 0 Å². The molecule has 1 aromatic carbocycles. The Kier molecular flexibility index (Phi) is 4.32. The van der Waals surface area contributed by atoms with Crippen molar-refractivity contribution in [3.05, 3.63) is 33.8 Å². The van der Waals surface area contributed by atoms with Gasteiger partial charge >= 0.3 is 0 Å². The van der Waals surface area contributed by atoms with Crippen molar-refractivity contribution in [1.29, 1.82) is 0 Å². The molecule has 0 heterocycles. The second-order valence-electron chi connectivity index (χ2n) is 4.27. The Labute approximate surface area is 101 Å². The van der Waals surface area contributed by atoms with Crippen LogP contribution in [0.15, 0.2) is 22.7 Å². The highest BCUT2D eigenvalue weighted by molar-refractivity contribution is 9.10. The highest BCUT2D eigenvalue weighted by atomic mass is 79.9. The van der Waals surface area contributed by atoms with E-state index in [9.17, 15) is 0 Å². The van der Waals surface area contributed by atoms with E-state index in [1.54, 1.807) is 0 Å². The van der Waals surface area contributed by atoms with Crippen LogP contribution in [0, 0.1) is 6.92 Å². The molecule has 2 atom stereocenters. The van der Waals surface area contributed by atoms with E-state index < -0.39 is 0 Å². The number of likely N-dealkylation sites (N-methyl/N-ethyl adjacent to an activating group) is 1. The van der Waals surface area contributed by atoms with Crippen LogP contribution in [-0.4, -0.2) is 25.0 Å². The molecular weight excluding hydrogens is 252 g/mol. The van der Waals surface area contributed by atoms with Gasteiger partial charge in [-0.05, 0) is 51.2 Å². The molecular formula is C12H19BrN2. The maximum absolute atomic E-state index is 6.03. The number of halogens is 1. The number of aryl methyl sites for hydroxylation is 1. The Morgan fingerprint density at radius 3 is 2.40 bits per heavy atom. The largest absolute Gasteiger partial charge is 0.326 e. The number of hydrogen-bond donors (Lipinski definition) is 1. The summed E-state index contributed by atoms with van der Waals surface area (Å²) in [5, 5.41) is 0. The van der Waals surface area contributed by atoms with Crippen LogP contribution in [0.3, 0.4) is 0 Å². The molecule has 0 amide bonds. The van der Waals surface area contributed by atoms with Gasteiger partial charge in [0.25, 0.3) is 0 Å². The minimum atomic E-state index is 0.119. The molecule has 0 saturated carbocycles.